The van der Waals surface area contributed by atoms with Crippen molar-refractivity contribution in [1.82, 2.24) is 9.97 Å². The van der Waals surface area contributed by atoms with Crippen LogP contribution in [0.3, 0.4) is 0 Å². The standard InChI is InChI=1S/C20H18ClN3OS2/c1-12-7-8-26-16(12)9-24(2)10-17-22-19(25)18-15(11-27-20(18)23-17)13-3-5-14(21)6-4-13/h3-8,11H,9-10H2,1-2H3,(H,22,23,25)/p+1. The first-order valence-electron chi connectivity index (χ1n) is 8.62. The van der Waals surface area contributed by atoms with Crippen molar-refractivity contribution >= 4 is 44.5 Å². The highest BCUT2D eigenvalue weighted by Crippen LogP contribution is 2.31. The molecule has 0 spiro atoms. The lowest BCUT2D eigenvalue weighted by atomic mass is 10.1. The quantitative estimate of drug-likeness (QED) is 0.518. The number of nitrogens with zero attached hydrogens (tertiary/aromatic N) is 1. The van der Waals surface area contributed by atoms with E-state index < -0.39 is 0 Å². The van der Waals surface area contributed by atoms with Crippen LogP contribution >= 0.6 is 34.3 Å². The van der Waals surface area contributed by atoms with Crippen LogP contribution in [0.15, 0.2) is 45.9 Å². The second-order valence-electron chi connectivity index (χ2n) is 6.69. The molecule has 0 amide bonds. The van der Waals surface area contributed by atoms with Crippen LogP contribution in [0.25, 0.3) is 21.3 Å². The Morgan fingerprint density at radius 2 is 1.93 bits per heavy atom. The van der Waals surface area contributed by atoms with Crippen LogP contribution in [0.2, 0.25) is 5.02 Å². The minimum Gasteiger partial charge on any atom is -0.327 e. The van der Waals surface area contributed by atoms with E-state index in [1.165, 1.54) is 26.7 Å². The highest BCUT2D eigenvalue weighted by Gasteiger charge is 2.15. The van der Waals surface area contributed by atoms with E-state index in [1.807, 2.05) is 29.6 Å². The molecule has 1 atom stereocenters. The van der Waals surface area contributed by atoms with Gasteiger partial charge in [0.1, 0.15) is 17.9 Å². The second kappa shape index (κ2) is 7.56. The third-order valence-electron chi connectivity index (χ3n) is 4.55. The Hall–Kier alpha value is -1.99. The Balaban J connectivity index is 1.62. The molecule has 4 aromatic rings. The molecule has 0 radical (unpaired) electrons. The largest absolute Gasteiger partial charge is 0.327 e. The number of fused-ring (bicyclic) bond motifs is 1. The Kier molecular flexibility index (Phi) is 5.14. The van der Waals surface area contributed by atoms with Gasteiger partial charge in [0, 0.05) is 16.0 Å². The molecule has 4 nitrogen and oxygen atoms in total. The van der Waals surface area contributed by atoms with Gasteiger partial charge in [-0.05, 0) is 41.6 Å². The highest BCUT2D eigenvalue weighted by molar-refractivity contribution is 7.17. The maximum absolute atomic E-state index is 12.8. The Morgan fingerprint density at radius 1 is 1.15 bits per heavy atom. The number of aromatic nitrogens is 2. The van der Waals surface area contributed by atoms with E-state index in [2.05, 4.69) is 30.4 Å². The molecule has 0 aliphatic carbocycles. The number of aromatic amines is 1. The van der Waals surface area contributed by atoms with E-state index in [9.17, 15) is 4.79 Å². The van der Waals surface area contributed by atoms with Gasteiger partial charge in [-0.15, -0.1) is 22.7 Å². The Labute approximate surface area is 170 Å². The minimum absolute atomic E-state index is 0.0821. The number of aryl methyl sites for hydroxylation is 1. The van der Waals surface area contributed by atoms with Crippen molar-refractivity contribution < 1.29 is 4.90 Å². The SMILES string of the molecule is Cc1ccsc1C[NH+](C)Cc1nc2scc(-c3ccc(Cl)cc3)c2c(=O)[nH]1. The fourth-order valence-electron chi connectivity index (χ4n) is 3.13. The lowest BCUT2D eigenvalue weighted by molar-refractivity contribution is -0.908. The van der Waals surface area contributed by atoms with Crippen LogP contribution in [0, 0.1) is 6.92 Å². The van der Waals surface area contributed by atoms with Crippen LogP contribution in [0.4, 0.5) is 0 Å². The van der Waals surface area contributed by atoms with E-state index in [-0.39, 0.29) is 5.56 Å². The Bertz CT molecular complexity index is 1140. The molecule has 0 aliphatic rings. The molecule has 3 heterocycles. The fourth-order valence-corrected chi connectivity index (χ4v) is 5.24. The van der Waals surface area contributed by atoms with Gasteiger partial charge in [0.15, 0.2) is 5.82 Å². The van der Waals surface area contributed by atoms with Gasteiger partial charge in [0.25, 0.3) is 5.56 Å². The van der Waals surface area contributed by atoms with Gasteiger partial charge in [-0.1, -0.05) is 23.7 Å². The molecule has 138 valence electrons. The minimum atomic E-state index is -0.0821. The average Bonchev–Trinajstić information content (AvgIpc) is 3.22. The molecular weight excluding hydrogens is 398 g/mol. The zero-order chi connectivity index (χ0) is 19.0. The summed E-state index contributed by atoms with van der Waals surface area (Å²) in [7, 11) is 2.12. The number of hydrogen-bond acceptors (Lipinski definition) is 4. The number of benzene rings is 1. The zero-order valence-electron chi connectivity index (χ0n) is 15.0. The maximum atomic E-state index is 12.8. The lowest BCUT2D eigenvalue weighted by Gasteiger charge is -2.13. The fraction of sp³-hybridized carbons (Fsp3) is 0.200. The van der Waals surface area contributed by atoms with E-state index >= 15 is 0 Å². The molecule has 3 aromatic heterocycles. The van der Waals surface area contributed by atoms with Crippen LogP contribution in [0.5, 0.6) is 0 Å². The predicted molar refractivity (Wildman–Crippen MR) is 114 cm³/mol. The third kappa shape index (κ3) is 3.84. The van der Waals surface area contributed by atoms with E-state index in [1.54, 1.807) is 11.3 Å². The molecule has 1 aromatic carbocycles. The number of rotatable bonds is 5. The first-order valence-corrected chi connectivity index (χ1v) is 10.8. The zero-order valence-corrected chi connectivity index (χ0v) is 17.4. The predicted octanol–water partition coefficient (Wildman–Crippen LogP) is 3.89. The number of halogens is 1. The molecule has 7 heteroatoms. The van der Waals surface area contributed by atoms with Gasteiger partial charge in [-0.3, -0.25) is 4.79 Å². The topological polar surface area (TPSA) is 50.2 Å². The van der Waals surface area contributed by atoms with Crippen molar-refractivity contribution in [3.63, 3.8) is 0 Å². The molecule has 4 rings (SSSR count). The van der Waals surface area contributed by atoms with E-state index in [4.69, 9.17) is 16.6 Å². The van der Waals surface area contributed by atoms with E-state index in [0.29, 0.717) is 17.0 Å². The molecule has 0 saturated heterocycles. The smallest absolute Gasteiger partial charge is 0.260 e. The summed E-state index contributed by atoms with van der Waals surface area (Å²) in [5.41, 5.74) is 3.12. The van der Waals surface area contributed by atoms with Crippen LogP contribution in [-0.2, 0) is 13.1 Å². The number of H-pyrrole nitrogens is 1. The van der Waals surface area contributed by atoms with Gasteiger partial charge in [-0.25, -0.2) is 4.98 Å². The van der Waals surface area contributed by atoms with Crippen LogP contribution in [-0.4, -0.2) is 17.0 Å². The van der Waals surface area contributed by atoms with Crippen molar-refractivity contribution in [2.45, 2.75) is 20.0 Å². The third-order valence-corrected chi connectivity index (χ3v) is 6.70. The number of nitrogens with one attached hydrogen (secondary N) is 2. The van der Waals surface area contributed by atoms with Gasteiger partial charge in [0.05, 0.1) is 17.3 Å². The van der Waals surface area contributed by atoms with Crippen molar-refractivity contribution in [3.05, 3.63) is 72.7 Å². The molecular formula is C20H19ClN3OS2+. The van der Waals surface area contributed by atoms with Gasteiger partial charge in [-0.2, -0.15) is 0 Å². The first-order chi connectivity index (χ1) is 13.0. The van der Waals surface area contributed by atoms with Crippen molar-refractivity contribution in [2.75, 3.05) is 7.05 Å². The average molecular weight is 417 g/mol. The number of thiophene rings is 2. The van der Waals surface area contributed by atoms with Crippen LogP contribution < -0.4 is 10.5 Å². The summed E-state index contributed by atoms with van der Waals surface area (Å²) in [6.07, 6.45) is 0. The van der Waals surface area contributed by atoms with Crippen LogP contribution in [0.1, 0.15) is 16.3 Å². The monoisotopic (exact) mass is 416 g/mol. The van der Waals surface area contributed by atoms with Gasteiger partial charge in [0.2, 0.25) is 0 Å². The van der Waals surface area contributed by atoms with Crippen molar-refractivity contribution in [1.29, 1.82) is 0 Å². The molecule has 0 saturated carbocycles. The van der Waals surface area contributed by atoms with E-state index in [0.717, 1.165) is 28.3 Å². The first kappa shape index (κ1) is 18.4. The molecule has 2 N–H and O–H groups in total. The van der Waals surface area contributed by atoms with Crippen molar-refractivity contribution in [2.24, 2.45) is 0 Å². The summed E-state index contributed by atoms with van der Waals surface area (Å²) in [4.78, 5) is 23.9. The van der Waals surface area contributed by atoms with Gasteiger partial charge >= 0.3 is 0 Å². The summed E-state index contributed by atoms with van der Waals surface area (Å²) in [6.45, 7) is 3.73. The summed E-state index contributed by atoms with van der Waals surface area (Å²) in [6, 6.07) is 9.67. The molecule has 0 aliphatic heterocycles. The summed E-state index contributed by atoms with van der Waals surface area (Å²) in [5, 5.41) is 5.44. The molecule has 1 unspecified atom stereocenters. The Morgan fingerprint density at radius 3 is 2.63 bits per heavy atom. The number of quaternary nitrogens is 1. The maximum Gasteiger partial charge on any atom is 0.260 e. The number of hydrogen-bond donors (Lipinski definition) is 2. The van der Waals surface area contributed by atoms with Crippen molar-refractivity contribution in [3.8, 4) is 11.1 Å². The van der Waals surface area contributed by atoms with Gasteiger partial charge < -0.3 is 9.88 Å². The highest BCUT2D eigenvalue weighted by atomic mass is 35.5. The lowest BCUT2D eigenvalue weighted by Crippen LogP contribution is -3.06. The molecule has 27 heavy (non-hydrogen) atoms. The molecule has 0 bridgehead atoms. The molecule has 0 fully saturated rings. The second-order valence-corrected chi connectivity index (χ2v) is 8.98. The summed E-state index contributed by atoms with van der Waals surface area (Å²) in [5.74, 6) is 0.726. The summed E-state index contributed by atoms with van der Waals surface area (Å²) >= 11 is 9.25. The normalized spacial score (nSPS) is 12.6. The summed E-state index contributed by atoms with van der Waals surface area (Å²) < 4.78 is 0.